The van der Waals surface area contributed by atoms with Gasteiger partial charge < -0.3 is 9.88 Å². The van der Waals surface area contributed by atoms with Crippen LogP contribution in [0.25, 0.3) is 11.4 Å². The van der Waals surface area contributed by atoms with Crippen LogP contribution in [-0.2, 0) is 11.3 Å². The topological polar surface area (TPSA) is 77.6 Å². The molecule has 0 radical (unpaired) electrons. The summed E-state index contributed by atoms with van der Waals surface area (Å²) in [5, 5.41) is 16.4. The predicted molar refractivity (Wildman–Crippen MR) is 112 cm³/mol. The first-order valence-corrected chi connectivity index (χ1v) is 10.3. The molecule has 8 heteroatoms. The van der Waals surface area contributed by atoms with Gasteiger partial charge in [-0.1, -0.05) is 36.0 Å². The van der Waals surface area contributed by atoms with Gasteiger partial charge in [0.2, 0.25) is 5.91 Å². The van der Waals surface area contributed by atoms with Gasteiger partial charge in [-0.3, -0.25) is 4.79 Å². The molecule has 0 aliphatic carbocycles. The zero-order chi connectivity index (χ0) is 20.3. The Hall–Kier alpha value is -2.61. The average Bonchev–Trinajstić information content (AvgIpc) is 3.28. The molecule has 3 aromatic rings. The summed E-state index contributed by atoms with van der Waals surface area (Å²) in [4.78, 5) is 12.7. The lowest BCUT2D eigenvalue weighted by Gasteiger charge is -2.15. The third-order valence-corrected chi connectivity index (χ3v) is 5.56. The number of aryl methyl sites for hydroxylation is 1. The molecule has 2 aromatic heterocycles. The minimum atomic E-state index is -0.324. The molecule has 0 bridgehead atoms. The Bertz CT molecular complexity index is 961. The Morgan fingerprint density at radius 3 is 2.61 bits per heavy atom. The van der Waals surface area contributed by atoms with E-state index in [9.17, 15) is 4.79 Å². The van der Waals surface area contributed by atoms with Crippen LogP contribution < -0.4 is 5.32 Å². The number of amides is 1. The molecule has 0 aliphatic rings. The van der Waals surface area contributed by atoms with Crippen molar-refractivity contribution < 1.29 is 4.79 Å². The summed E-state index contributed by atoms with van der Waals surface area (Å²) in [6.45, 7) is 10.8. The second kappa shape index (κ2) is 8.60. The average molecular weight is 399 g/mol. The van der Waals surface area contributed by atoms with Crippen LogP contribution in [-0.4, -0.2) is 35.7 Å². The Morgan fingerprint density at radius 2 is 1.93 bits per heavy atom. The second-order valence-electron chi connectivity index (χ2n) is 6.87. The molecule has 28 heavy (non-hydrogen) atoms. The number of carbonyl (C=O) groups excluding carboxylic acids is 1. The van der Waals surface area contributed by atoms with E-state index in [2.05, 4.69) is 45.1 Å². The van der Waals surface area contributed by atoms with E-state index < -0.39 is 0 Å². The van der Waals surface area contributed by atoms with Gasteiger partial charge in [0, 0.05) is 24.2 Å². The second-order valence-corrected chi connectivity index (χ2v) is 8.18. The van der Waals surface area contributed by atoms with E-state index in [-0.39, 0.29) is 17.2 Å². The minimum absolute atomic E-state index is 0.0875. The van der Waals surface area contributed by atoms with Gasteiger partial charge in [-0.25, -0.2) is 4.68 Å². The smallest absolute Gasteiger partial charge is 0.238 e. The van der Waals surface area contributed by atoms with E-state index in [1.54, 1.807) is 16.9 Å². The molecule has 148 valence electrons. The zero-order valence-electron chi connectivity index (χ0n) is 16.9. The van der Waals surface area contributed by atoms with Gasteiger partial charge in [0.15, 0.2) is 11.0 Å². The van der Waals surface area contributed by atoms with Crippen molar-refractivity contribution in [2.45, 2.75) is 57.6 Å². The third kappa shape index (κ3) is 4.11. The summed E-state index contributed by atoms with van der Waals surface area (Å²) >= 11 is 1.41. The number of aromatic nitrogens is 5. The molecule has 1 aromatic carbocycles. The fraction of sp³-hybridized carbons (Fsp3) is 0.400. The van der Waals surface area contributed by atoms with Crippen LogP contribution in [0.15, 0.2) is 41.7 Å². The first-order valence-electron chi connectivity index (χ1n) is 9.42. The monoisotopic (exact) mass is 398 g/mol. The number of hydrogen-bond acceptors (Lipinski definition) is 5. The fourth-order valence-corrected chi connectivity index (χ4v) is 3.86. The van der Waals surface area contributed by atoms with E-state index in [1.165, 1.54) is 11.8 Å². The number of anilines is 1. The highest BCUT2D eigenvalue weighted by Gasteiger charge is 2.22. The molecule has 1 amide bonds. The first kappa shape index (κ1) is 20.1. The standard InChI is InChI=1S/C20H26N6OS/c1-6-25-18(16-10-8-7-9-14(16)4)23-24-20(25)28-15(5)19(27)22-17-11-12-21-26(17)13(2)3/h7-13,15H,6H2,1-5H3,(H,22,27)/t15-/m0/s1. The molecule has 0 fully saturated rings. The minimum Gasteiger partial charge on any atom is -0.310 e. The quantitative estimate of drug-likeness (QED) is 0.604. The molecule has 3 rings (SSSR count). The molecular formula is C20H26N6OS. The first-order chi connectivity index (χ1) is 13.4. The lowest BCUT2D eigenvalue weighted by atomic mass is 10.1. The van der Waals surface area contributed by atoms with E-state index in [0.717, 1.165) is 28.7 Å². The molecule has 0 unspecified atom stereocenters. The van der Waals surface area contributed by atoms with Crippen LogP contribution in [0.2, 0.25) is 0 Å². The van der Waals surface area contributed by atoms with Crippen molar-refractivity contribution in [1.82, 2.24) is 24.5 Å². The number of nitrogens with one attached hydrogen (secondary N) is 1. The van der Waals surface area contributed by atoms with Crippen LogP contribution in [0, 0.1) is 6.92 Å². The predicted octanol–water partition coefficient (Wildman–Crippen LogP) is 4.17. The molecule has 1 atom stereocenters. The van der Waals surface area contributed by atoms with Gasteiger partial charge in [0.1, 0.15) is 5.82 Å². The Morgan fingerprint density at radius 1 is 1.18 bits per heavy atom. The summed E-state index contributed by atoms with van der Waals surface area (Å²) in [6, 6.07) is 10.1. The van der Waals surface area contributed by atoms with Crippen molar-refractivity contribution in [3.63, 3.8) is 0 Å². The van der Waals surface area contributed by atoms with Gasteiger partial charge >= 0.3 is 0 Å². The molecule has 0 aliphatic heterocycles. The van der Waals surface area contributed by atoms with Crippen LogP contribution in [0.1, 0.15) is 39.3 Å². The van der Waals surface area contributed by atoms with Crippen LogP contribution in [0.3, 0.4) is 0 Å². The van der Waals surface area contributed by atoms with Crippen molar-refractivity contribution in [2.75, 3.05) is 5.32 Å². The maximum absolute atomic E-state index is 12.7. The molecular weight excluding hydrogens is 372 g/mol. The van der Waals surface area contributed by atoms with Crippen molar-refractivity contribution in [3.8, 4) is 11.4 Å². The normalized spacial score (nSPS) is 12.4. The molecule has 0 spiro atoms. The number of hydrogen-bond donors (Lipinski definition) is 1. The number of carbonyl (C=O) groups is 1. The Labute approximate surface area is 169 Å². The summed E-state index contributed by atoms with van der Waals surface area (Å²) in [5.41, 5.74) is 2.20. The van der Waals surface area contributed by atoms with Gasteiger partial charge in [0.25, 0.3) is 0 Å². The highest BCUT2D eigenvalue weighted by molar-refractivity contribution is 8.00. The van der Waals surface area contributed by atoms with Crippen LogP contribution in [0.4, 0.5) is 5.82 Å². The van der Waals surface area contributed by atoms with Crippen molar-refractivity contribution >= 4 is 23.5 Å². The third-order valence-electron chi connectivity index (χ3n) is 4.48. The lowest BCUT2D eigenvalue weighted by Crippen LogP contribution is -2.25. The maximum atomic E-state index is 12.7. The molecule has 0 saturated heterocycles. The SMILES string of the molecule is CCn1c(S[C@@H](C)C(=O)Nc2ccnn2C(C)C)nnc1-c1ccccc1C. The van der Waals surface area contributed by atoms with Crippen molar-refractivity contribution in [1.29, 1.82) is 0 Å². The summed E-state index contributed by atoms with van der Waals surface area (Å²) < 4.78 is 3.84. The summed E-state index contributed by atoms with van der Waals surface area (Å²) in [5.74, 6) is 1.44. The van der Waals surface area contributed by atoms with E-state index >= 15 is 0 Å². The van der Waals surface area contributed by atoms with Gasteiger partial charge in [-0.2, -0.15) is 5.10 Å². The molecule has 2 heterocycles. The molecule has 7 nitrogen and oxygen atoms in total. The molecule has 0 saturated carbocycles. The van der Waals surface area contributed by atoms with E-state index in [4.69, 9.17) is 0 Å². The number of benzene rings is 1. The van der Waals surface area contributed by atoms with Crippen LogP contribution >= 0.6 is 11.8 Å². The number of rotatable bonds is 7. The zero-order valence-corrected chi connectivity index (χ0v) is 17.7. The largest absolute Gasteiger partial charge is 0.310 e. The van der Waals surface area contributed by atoms with E-state index in [0.29, 0.717) is 5.82 Å². The van der Waals surface area contributed by atoms with Gasteiger partial charge in [-0.15, -0.1) is 10.2 Å². The highest BCUT2D eigenvalue weighted by atomic mass is 32.2. The number of thioether (sulfide) groups is 1. The summed E-state index contributed by atoms with van der Waals surface area (Å²) in [6.07, 6.45) is 1.69. The van der Waals surface area contributed by atoms with Gasteiger partial charge in [-0.05, 0) is 40.2 Å². The fourth-order valence-electron chi connectivity index (χ4n) is 2.95. The maximum Gasteiger partial charge on any atom is 0.238 e. The Balaban J connectivity index is 1.77. The number of nitrogens with zero attached hydrogens (tertiary/aromatic N) is 5. The van der Waals surface area contributed by atoms with Gasteiger partial charge in [0.05, 0.1) is 11.4 Å². The Kier molecular flexibility index (Phi) is 6.18. The summed E-state index contributed by atoms with van der Waals surface area (Å²) in [7, 11) is 0. The highest BCUT2D eigenvalue weighted by Crippen LogP contribution is 2.29. The van der Waals surface area contributed by atoms with Crippen molar-refractivity contribution in [2.24, 2.45) is 0 Å². The molecule has 1 N–H and O–H groups in total. The van der Waals surface area contributed by atoms with E-state index in [1.807, 2.05) is 39.0 Å². The lowest BCUT2D eigenvalue weighted by molar-refractivity contribution is -0.115. The van der Waals surface area contributed by atoms with Crippen LogP contribution in [0.5, 0.6) is 0 Å². The van der Waals surface area contributed by atoms with Crippen molar-refractivity contribution in [3.05, 3.63) is 42.1 Å².